The third kappa shape index (κ3) is 6.15. The van der Waals surface area contributed by atoms with Crippen molar-refractivity contribution in [2.24, 2.45) is 5.10 Å². The molecule has 10 nitrogen and oxygen atoms in total. The zero-order valence-corrected chi connectivity index (χ0v) is 23.1. The van der Waals surface area contributed by atoms with Crippen molar-refractivity contribution in [3.63, 3.8) is 0 Å². The van der Waals surface area contributed by atoms with Crippen LogP contribution < -0.4 is 10.3 Å². The van der Waals surface area contributed by atoms with E-state index in [9.17, 15) is 24.8 Å². The van der Waals surface area contributed by atoms with Gasteiger partial charge in [0.05, 0.1) is 27.6 Å². The summed E-state index contributed by atoms with van der Waals surface area (Å²) in [5.74, 6) is -0.934. The molecule has 1 N–H and O–H groups in total. The molecule has 4 rings (SSSR count). The summed E-state index contributed by atoms with van der Waals surface area (Å²) in [5, 5.41) is 25.9. The lowest BCUT2D eigenvalue weighted by molar-refractivity contribution is -0.385. The fourth-order valence-corrected chi connectivity index (χ4v) is 4.42. The summed E-state index contributed by atoms with van der Waals surface area (Å²) in [7, 11) is 0. The van der Waals surface area contributed by atoms with E-state index >= 15 is 0 Å². The Balaban J connectivity index is 1.82. The average molecular weight is 614 g/mol. The van der Waals surface area contributed by atoms with Crippen molar-refractivity contribution in [1.29, 1.82) is 0 Å². The minimum atomic E-state index is -1.11. The molecule has 1 heterocycles. The molecule has 12 heteroatoms. The zero-order chi connectivity index (χ0) is 28.3. The van der Waals surface area contributed by atoms with Crippen molar-refractivity contribution in [2.75, 3.05) is 0 Å². The second-order valence-electron chi connectivity index (χ2n) is 8.70. The van der Waals surface area contributed by atoms with Crippen LogP contribution in [0.4, 0.5) is 5.69 Å². The van der Waals surface area contributed by atoms with Crippen molar-refractivity contribution in [3.05, 3.63) is 107 Å². The van der Waals surface area contributed by atoms with Crippen LogP contribution in [-0.2, 0) is 6.61 Å². The zero-order valence-electron chi connectivity index (χ0n) is 20.8. The predicted octanol–water partition coefficient (Wildman–Crippen LogP) is 6.39. The summed E-state index contributed by atoms with van der Waals surface area (Å²) in [6.07, 6.45) is 1.96. The number of nitrogens with zero attached hydrogens (tertiary/aromatic N) is 4. The van der Waals surface area contributed by atoms with Gasteiger partial charge in [0, 0.05) is 27.0 Å². The van der Waals surface area contributed by atoms with Gasteiger partial charge in [-0.25, -0.2) is 9.78 Å². The molecule has 0 amide bonds. The van der Waals surface area contributed by atoms with Gasteiger partial charge < -0.3 is 9.84 Å². The average Bonchev–Trinajstić information content (AvgIpc) is 2.91. The highest BCUT2D eigenvalue weighted by Gasteiger charge is 2.22. The van der Waals surface area contributed by atoms with Crippen LogP contribution in [0.3, 0.4) is 0 Å². The molecular weight excluding hydrogens is 592 g/mol. The highest BCUT2D eigenvalue weighted by Crippen LogP contribution is 2.34. The number of carboxylic acid groups (broad SMARTS) is 1. The van der Waals surface area contributed by atoms with E-state index in [2.05, 4.69) is 26.0 Å². The quantitative estimate of drug-likeness (QED) is 0.131. The summed E-state index contributed by atoms with van der Waals surface area (Å²) >= 11 is 9.55. The van der Waals surface area contributed by atoms with E-state index in [4.69, 9.17) is 16.3 Å². The Hall–Kier alpha value is -4.09. The number of carboxylic acids is 1. The summed E-state index contributed by atoms with van der Waals surface area (Å²) in [4.78, 5) is 40.6. The molecule has 3 aromatic carbocycles. The SMILES string of the molecule is CC[C@@H](C)c1nc2ccc(Br)cc2c(=O)n1N=Cc1cc(Cl)cc([N+](=O)[O-])c1OCc1cccc(C(=O)O)c1. The van der Waals surface area contributed by atoms with Gasteiger partial charge >= 0.3 is 11.7 Å². The number of benzene rings is 3. The smallest absolute Gasteiger partial charge is 0.335 e. The van der Waals surface area contributed by atoms with E-state index < -0.39 is 22.1 Å². The van der Waals surface area contributed by atoms with E-state index in [1.165, 1.54) is 29.1 Å². The second kappa shape index (κ2) is 11.7. The van der Waals surface area contributed by atoms with Crippen LogP contribution in [0.5, 0.6) is 5.75 Å². The van der Waals surface area contributed by atoms with Crippen molar-refractivity contribution in [3.8, 4) is 5.75 Å². The molecular formula is C27H22BrClN4O6. The first-order chi connectivity index (χ1) is 18.6. The maximum Gasteiger partial charge on any atom is 0.335 e. The van der Waals surface area contributed by atoms with E-state index in [0.29, 0.717) is 33.2 Å². The number of halogens is 2. The molecule has 0 fully saturated rings. The van der Waals surface area contributed by atoms with Gasteiger partial charge in [0.1, 0.15) is 12.4 Å². The summed E-state index contributed by atoms with van der Waals surface area (Å²) < 4.78 is 7.69. The summed E-state index contributed by atoms with van der Waals surface area (Å²) in [6.45, 7) is 3.72. The van der Waals surface area contributed by atoms with Crippen LogP contribution >= 0.6 is 27.5 Å². The Morgan fingerprint density at radius 1 is 1.28 bits per heavy atom. The van der Waals surface area contributed by atoms with Crippen LogP contribution in [0.1, 0.15) is 53.5 Å². The largest absolute Gasteiger partial charge is 0.481 e. The molecule has 0 aliphatic carbocycles. The number of nitro groups is 1. The van der Waals surface area contributed by atoms with E-state index in [-0.39, 0.29) is 34.4 Å². The van der Waals surface area contributed by atoms with Crippen molar-refractivity contribution >= 4 is 56.3 Å². The molecule has 200 valence electrons. The summed E-state index contributed by atoms with van der Waals surface area (Å²) in [5.41, 5.74) is 0.402. The number of carbonyl (C=O) groups is 1. The molecule has 0 unspecified atom stereocenters. The number of hydrogen-bond acceptors (Lipinski definition) is 7. The van der Waals surface area contributed by atoms with Gasteiger partial charge in [-0.05, 0) is 48.4 Å². The molecule has 0 spiro atoms. The minimum Gasteiger partial charge on any atom is -0.481 e. The van der Waals surface area contributed by atoms with Crippen molar-refractivity contribution in [2.45, 2.75) is 32.8 Å². The summed E-state index contributed by atoms with van der Waals surface area (Å²) in [6, 6.07) is 13.8. The van der Waals surface area contributed by atoms with Crippen LogP contribution in [0.2, 0.25) is 5.02 Å². The van der Waals surface area contributed by atoms with Crippen LogP contribution in [0.15, 0.2) is 69.0 Å². The lowest BCUT2D eigenvalue weighted by Gasteiger charge is -2.14. The third-order valence-corrected chi connectivity index (χ3v) is 6.73. The third-order valence-electron chi connectivity index (χ3n) is 6.02. The lowest BCUT2D eigenvalue weighted by Crippen LogP contribution is -2.23. The highest BCUT2D eigenvalue weighted by molar-refractivity contribution is 9.10. The van der Waals surface area contributed by atoms with Gasteiger partial charge in [-0.15, -0.1) is 0 Å². The normalized spacial score (nSPS) is 12.1. The highest BCUT2D eigenvalue weighted by atomic mass is 79.9. The molecule has 1 atom stereocenters. The predicted molar refractivity (Wildman–Crippen MR) is 151 cm³/mol. The fourth-order valence-electron chi connectivity index (χ4n) is 3.84. The topological polar surface area (TPSA) is 137 Å². The lowest BCUT2D eigenvalue weighted by atomic mass is 10.1. The van der Waals surface area contributed by atoms with Gasteiger partial charge in [0.25, 0.3) is 5.56 Å². The van der Waals surface area contributed by atoms with Crippen molar-refractivity contribution in [1.82, 2.24) is 9.66 Å². The Morgan fingerprint density at radius 2 is 2.05 bits per heavy atom. The molecule has 0 aliphatic heterocycles. The molecule has 0 saturated carbocycles. The molecule has 0 saturated heterocycles. The number of aromatic carboxylic acids is 1. The number of fused-ring (bicyclic) bond motifs is 1. The molecule has 39 heavy (non-hydrogen) atoms. The molecule has 0 aliphatic rings. The number of ether oxygens (including phenoxy) is 1. The van der Waals surface area contributed by atoms with Gasteiger partial charge in [0.2, 0.25) is 5.75 Å². The van der Waals surface area contributed by atoms with Crippen LogP contribution in [0, 0.1) is 10.1 Å². The Labute approximate surface area is 235 Å². The standard InChI is InChI=1S/C27H22BrClN4O6/c1-3-15(2)25-31-22-8-7-19(28)11-21(22)26(34)32(25)30-13-18-10-20(29)12-23(33(37)38)24(18)39-14-16-5-4-6-17(9-16)27(35)36/h4-13,15H,3,14H2,1-2H3,(H,35,36)/t15-/m1/s1. The Bertz CT molecular complexity index is 1690. The number of nitro benzene ring substituents is 1. The maximum atomic E-state index is 13.4. The number of rotatable bonds is 9. The monoisotopic (exact) mass is 612 g/mol. The number of aromatic nitrogens is 2. The van der Waals surface area contributed by atoms with Gasteiger partial charge in [-0.2, -0.15) is 9.78 Å². The van der Waals surface area contributed by atoms with E-state index in [1.54, 1.807) is 30.3 Å². The van der Waals surface area contributed by atoms with Crippen LogP contribution in [0.25, 0.3) is 10.9 Å². The van der Waals surface area contributed by atoms with Gasteiger partial charge in [0.15, 0.2) is 0 Å². The molecule has 0 radical (unpaired) electrons. The first kappa shape index (κ1) is 27.9. The molecule has 4 aromatic rings. The Kier molecular flexibility index (Phi) is 8.41. The van der Waals surface area contributed by atoms with Gasteiger partial charge in [-0.1, -0.05) is 53.5 Å². The van der Waals surface area contributed by atoms with E-state index in [1.807, 2.05) is 13.8 Å². The maximum absolute atomic E-state index is 13.4. The fraction of sp³-hybridized carbons (Fsp3) is 0.185. The number of hydrogen-bond donors (Lipinski definition) is 1. The Morgan fingerprint density at radius 3 is 2.74 bits per heavy atom. The molecule has 1 aromatic heterocycles. The minimum absolute atomic E-state index is 0.0517. The van der Waals surface area contributed by atoms with E-state index in [0.717, 1.165) is 6.07 Å². The second-order valence-corrected chi connectivity index (χ2v) is 10.0. The molecule has 0 bridgehead atoms. The first-order valence-electron chi connectivity index (χ1n) is 11.8. The van der Waals surface area contributed by atoms with Gasteiger partial charge in [-0.3, -0.25) is 14.9 Å². The van der Waals surface area contributed by atoms with Crippen LogP contribution in [-0.4, -0.2) is 31.9 Å². The van der Waals surface area contributed by atoms with Crippen molar-refractivity contribution < 1.29 is 19.6 Å². The first-order valence-corrected chi connectivity index (χ1v) is 13.0.